The van der Waals surface area contributed by atoms with Gasteiger partial charge in [0.05, 0.1) is 17.2 Å². The number of anilines is 3. The summed E-state index contributed by atoms with van der Waals surface area (Å²) in [6.45, 7) is 2.65. The Kier molecular flexibility index (Phi) is 4.53. The molecule has 0 atom stereocenters. The highest BCUT2D eigenvalue weighted by molar-refractivity contribution is 6.18. The second-order valence-electron chi connectivity index (χ2n) is 6.71. The van der Waals surface area contributed by atoms with Crippen LogP contribution in [0.3, 0.4) is 0 Å². The second kappa shape index (κ2) is 7.06. The Morgan fingerprint density at radius 1 is 1.43 bits per heavy atom. The summed E-state index contributed by atoms with van der Waals surface area (Å²) in [7, 11) is 1.35. The number of nitro benzene ring substituents is 1. The number of nitro groups is 1. The van der Waals surface area contributed by atoms with E-state index in [0.717, 1.165) is 17.0 Å². The van der Waals surface area contributed by atoms with Gasteiger partial charge in [0.25, 0.3) is 0 Å². The number of carboxylic acid groups (broad SMARTS) is 1. The van der Waals surface area contributed by atoms with Gasteiger partial charge in [0.2, 0.25) is 11.8 Å². The predicted molar refractivity (Wildman–Crippen MR) is 107 cm³/mol. The van der Waals surface area contributed by atoms with E-state index in [1.54, 1.807) is 13.0 Å². The number of aryl methyl sites for hydroxylation is 1. The Morgan fingerprint density at radius 2 is 2.20 bits per heavy atom. The lowest BCUT2D eigenvalue weighted by molar-refractivity contribution is -0.387. The van der Waals surface area contributed by atoms with Gasteiger partial charge in [0.1, 0.15) is 5.82 Å². The number of aliphatic imine (C=N–C) groups is 1. The molecular weight excluding hydrogens is 397 g/mol. The van der Waals surface area contributed by atoms with Gasteiger partial charge < -0.3 is 15.3 Å². The fourth-order valence-corrected chi connectivity index (χ4v) is 3.22. The quantitative estimate of drug-likeness (QED) is 0.576. The highest BCUT2D eigenvalue weighted by atomic mass is 19.1. The molecule has 1 aromatic carbocycles. The first kappa shape index (κ1) is 19.2. The number of hydrogen-bond acceptors (Lipinski definition) is 8. The normalized spacial score (nSPS) is 14.4. The van der Waals surface area contributed by atoms with Crippen molar-refractivity contribution in [1.29, 1.82) is 0 Å². The molecule has 154 valence electrons. The van der Waals surface area contributed by atoms with E-state index in [2.05, 4.69) is 20.3 Å². The highest BCUT2D eigenvalue weighted by Crippen LogP contribution is 2.33. The van der Waals surface area contributed by atoms with Crippen molar-refractivity contribution in [3.8, 4) is 0 Å². The smallest absolute Gasteiger partial charge is 0.413 e. The van der Waals surface area contributed by atoms with Gasteiger partial charge in [0.15, 0.2) is 5.84 Å². The third kappa shape index (κ3) is 3.17. The topological polar surface area (TPSA) is 137 Å². The molecule has 2 aromatic rings. The average molecular weight is 413 g/mol. The van der Waals surface area contributed by atoms with Crippen molar-refractivity contribution < 1.29 is 19.2 Å². The van der Waals surface area contributed by atoms with Gasteiger partial charge in [0, 0.05) is 37.1 Å². The molecule has 0 saturated carbocycles. The van der Waals surface area contributed by atoms with Gasteiger partial charge in [-0.05, 0) is 24.6 Å². The Balaban J connectivity index is 1.75. The first-order valence-corrected chi connectivity index (χ1v) is 8.85. The first-order chi connectivity index (χ1) is 14.3. The Hall–Kier alpha value is -4.09. The van der Waals surface area contributed by atoms with Crippen LogP contribution in [0.4, 0.5) is 32.3 Å². The third-order valence-electron chi connectivity index (χ3n) is 4.77. The van der Waals surface area contributed by atoms with E-state index in [1.807, 2.05) is 4.90 Å². The van der Waals surface area contributed by atoms with Crippen molar-refractivity contribution in [1.82, 2.24) is 9.97 Å². The predicted octanol–water partition coefficient (Wildman–Crippen LogP) is 2.63. The monoisotopic (exact) mass is 413 g/mol. The fourth-order valence-electron chi connectivity index (χ4n) is 3.22. The number of nitrogens with one attached hydrogen (secondary N) is 1. The molecule has 11 nitrogen and oxygen atoms in total. The molecule has 0 fully saturated rings. The van der Waals surface area contributed by atoms with E-state index in [1.165, 1.54) is 13.2 Å². The Morgan fingerprint density at radius 3 is 2.90 bits per heavy atom. The molecule has 2 aliphatic heterocycles. The van der Waals surface area contributed by atoms with Gasteiger partial charge >= 0.3 is 11.8 Å². The van der Waals surface area contributed by atoms with E-state index < -0.39 is 22.5 Å². The number of carbonyl (C=O) groups is 1. The lowest BCUT2D eigenvalue weighted by atomic mass is 10.1. The van der Waals surface area contributed by atoms with E-state index >= 15 is 0 Å². The van der Waals surface area contributed by atoms with Crippen molar-refractivity contribution in [3.63, 3.8) is 0 Å². The van der Waals surface area contributed by atoms with Crippen LogP contribution in [0.15, 0.2) is 29.0 Å². The molecule has 4 rings (SSSR count). The third-order valence-corrected chi connectivity index (χ3v) is 4.77. The first-order valence-electron chi connectivity index (χ1n) is 8.85. The van der Waals surface area contributed by atoms with Gasteiger partial charge in [-0.2, -0.15) is 9.37 Å². The van der Waals surface area contributed by atoms with Crippen molar-refractivity contribution in [2.24, 2.45) is 4.99 Å². The highest BCUT2D eigenvalue weighted by Gasteiger charge is 2.31. The molecule has 0 bridgehead atoms. The van der Waals surface area contributed by atoms with Crippen LogP contribution < -0.4 is 15.1 Å². The maximum atomic E-state index is 13.9. The number of fused-ring (bicyclic) bond motifs is 3. The number of benzene rings is 1. The fraction of sp³-hybridized carbons (Fsp3) is 0.222. The molecule has 0 saturated heterocycles. The summed E-state index contributed by atoms with van der Waals surface area (Å²) in [5.74, 6) is 0.185. The minimum Gasteiger partial charge on any atom is -0.465 e. The second-order valence-corrected chi connectivity index (χ2v) is 6.71. The molecule has 0 spiro atoms. The van der Waals surface area contributed by atoms with Crippen LogP contribution in [-0.4, -0.2) is 52.1 Å². The standard InChI is InChI=1S/C18H16FN7O4/c1-9-5-11(19)14(26(29)30)7-12(9)22-13-6-10-8-21-17(24(2)18(27)28)23-15(10)25-4-3-20-16(13)25/h5-8,22H,3-4H2,1-2H3,(H,27,28). The van der Waals surface area contributed by atoms with Crippen LogP contribution in [-0.2, 0) is 0 Å². The molecule has 1 amide bonds. The Labute approximate surface area is 169 Å². The molecule has 3 heterocycles. The van der Waals surface area contributed by atoms with Gasteiger partial charge in [-0.25, -0.2) is 14.7 Å². The van der Waals surface area contributed by atoms with Gasteiger partial charge in [-0.1, -0.05) is 0 Å². The van der Waals surface area contributed by atoms with Crippen LogP contribution in [0.5, 0.6) is 0 Å². The number of aromatic nitrogens is 2. The van der Waals surface area contributed by atoms with Crippen LogP contribution in [0, 0.1) is 22.9 Å². The number of nitrogens with zero attached hydrogens (tertiary/aromatic N) is 6. The summed E-state index contributed by atoms with van der Waals surface area (Å²) in [6.07, 6.45) is 2.02. The Bertz CT molecular complexity index is 1150. The lowest BCUT2D eigenvalue weighted by Gasteiger charge is -2.28. The number of halogens is 1. The largest absolute Gasteiger partial charge is 0.465 e. The molecule has 2 N–H and O–H groups in total. The molecule has 2 aliphatic rings. The summed E-state index contributed by atoms with van der Waals surface area (Å²) in [6, 6.07) is 2.24. The summed E-state index contributed by atoms with van der Waals surface area (Å²) < 4.78 is 13.9. The maximum Gasteiger partial charge on any atom is 0.413 e. The molecular formula is C18H16FN7O4. The summed E-state index contributed by atoms with van der Waals surface area (Å²) in [5, 5.41) is 23.3. The minimum absolute atomic E-state index is 0.0299. The van der Waals surface area contributed by atoms with Crippen molar-refractivity contribution in [2.45, 2.75) is 6.92 Å². The molecule has 12 heteroatoms. The minimum atomic E-state index is -1.19. The maximum absolute atomic E-state index is 13.9. The summed E-state index contributed by atoms with van der Waals surface area (Å²) in [4.78, 5) is 37.1. The number of amides is 1. The van der Waals surface area contributed by atoms with Crippen LogP contribution in [0.2, 0.25) is 0 Å². The van der Waals surface area contributed by atoms with Crippen LogP contribution in [0.25, 0.3) is 6.08 Å². The summed E-state index contributed by atoms with van der Waals surface area (Å²) in [5.41, 5.74) is 1.40. The van der Waals surface area contributed by atoms with Gasteiger partial charge in [-0.15, -0.1) is 0 Å². The van der Waals surface area contributed by atoms with E-state index in [-0.39, 0.29) is 5.95 Å². The van der Waals surface area contributed by atoms with E-state index in [4.69, 9.17) is 5.11 Å². The SMILES string of the molecule is Cc1cc(F)c([N+](=O)[O-])cc1NC1=Cc2cnc(N(C)C(=O)O)nc2N2CCN=C12. The van der Waals surface area contributed by atoms with Gasteiger partial charge in [-0.3, -0.25) is 15.1 Å². The lowest BCUT2D eigenvalue weighted by Crippen LogP contribution is -2.36. The average Bonchev–Trinajstić information content (AvgIpc) is 3.19. The van der Waals surface area contributed by atoms with Crippen molar-refractivity contribution in [2.75, 3.05) is 35.3 Å². The zero-order valence-electron chi connectivity index (χ0n) is 16.0. The number of amidine groups is 1. The molecule has 0 unspecified atom stereocenters. The number of rotatable bonds is 4. The molecule has 30 heavy (non-hydrogen) atoms. The number of hydrogen-bond donors (Lipinski definition) is 2. The molecule has 0 radical (unpaired) electrons. The molecule has 0 aliphatic carbocycles. The zero-order chi connectivity index (χ0) is 21.6. The van der Waals surface area contributed by atoms with Crippen molar-refractivity contribution >= 4 is 41.1 Å². The van der Waals surface area contributed by atoms with Crippen LogP contribution in [0.1, 0.15) is 11.1 Å². The van der Waals surface area contributed by atoms with E-state index in [0.29, 0.717) is 47.3 Å². The van der Waals surface area contributed by atoms with Crippen LogP contribution >= 0.6 is 0 Å². The zero-order valence-corrected chi connectivity index (χ0v) is 16.0. The van der Waals surface area contributed by atoms with Crippen molar-refractivity contribution in [3.05, 3.63) is 51.1 Å². The van der Waals surface area contributed by atoms with E-state index in [9.17, 15) is 19.3 Å². The summed E-state index contributed by atoms with van der Waals surface area (Å²) >= 11 is 0. The molecule has 1 aromatic heterocycles.